The van der Waals surface area contributed by atoms with E-state index in [0.29, 0.717) is 5.02 Å². The minimum atomic E-state index is -1.38. The number of carboxylic acids is 2. The van der Waals surface area contributed by atoms with Crippen molar-refractivity contribution in [3.05, 3.63) is 35.1 Å². The molecule has 2 amide bonds. The molecule has 5 N–H and O–H groups in total. The van der Waals surface area contributed by atoms with Gasteiger partial charge in [-0.1, -0.05) is 28.5 Å². The van der Waals surface area contributed by atoms with Crippen LogP contribution in [0.4, 0.5) is 5.13 Å². The first-order chi connectivity index (χ1) is 20.1. The molecule has 0 aliphatic carbocycles. The maximum atomic E-state index is 13.2. The average Bonchev–Trinajstić information content (AvgIpc) is 3.59. The largest absolute Gasteiger partial charge is 0.481 e. The highest BCUT2D eigenvalue weighted by atomic mass is 35.5. The van der Waals surface area contributed by atoms with Crippen LogP contribution in [0.2, 0.25) is 5.02 Å². The Morgan fingerprint density at radius 3 is 2.71 bits per heavy atom. The SMILES string of the molecule is Nc1nc(C(=NOc2ccc(Cl)cc2)C(=O)NC2C(=O)N3CC(CSc4nnnn4CC(=O)O)(C(=O)O)CS[C@H]23)ns1. The van der Waals surface area contributed by atoms with Gasteiger partial charge >= 0.3 is 11.9 Å². The lowest BCUT2D eigenvalue weighted by atomic mass is 9.89. The summed E-state index contributed by atoms with van der Waals surface area (Å²) in [7, 11) is 0. The zero-order valence-electron chi connectivity index (χ0n) is 21.0. The first-order valence-corrected chi connectivity index (χ1v) is 14.9. The number of hydrogen-bond acceptors (Lipinski definition) is 15. The number of aromatic nitrogens is 6. The molecule has 2 saturated heterocycles. The number of benzene rings is 1. The van der Waals surface area contributed by atoms with Crippen molar-refractivity contribution in [2.45, 2.75) is 23.1 Å². The molecule has 1 aromatic carbocycles. The topological polar surface area (TPSA) is 241 Å². The molecule has 2 aliphatic rings. The molecule has 2 fully saturated rings. The number of oxime groups is 1. The molecule has 4 heterocycles. The molecule has 2 unspecified atom stereocenters. The fraction of sp³-hybridized carbons (Fsp3) is 0.333. The van der Waals surface area contributed by atoms with Crippen LogP contribution in [0.3, 0.4) is 0 Å². The summed E-state index contributed by atoms with van der Waals surface area (Å²) in [4.78, 5) is 60.4. The molecule has 220 valence electrons. The number of fused-ring (bicyclic) bond motifs is 1. The van der Waals surface area contributed by atoms with Crippen molar-refractivity contribution in [1.29, 1.82) is 0 Å². The van der Waals surface area contributed by atoms with Gasteiger partial charge in [0.05, 0.1) is 0 Å². The predicted octanol–water partition coefficient (Wildman–Crippen LogP) is -0.109. The van der Waals surface area contributed by atoms with E-state index in [1.54, 1.807) is 12.1 Å². The molecular weight excluding hydrogens is 636 g/mol. The Morgan fingerprint density at radius 2 is 2.05 bits per heavy atom. The molecule has 5 rings (SSSR count). The summed E-state index contributed by atoms with van der Waals surface area (Å²) in [6.07, 6.45) is 0. The van der Waals surface area contributed by atoms with Gasteiger partial charge < -0.3 is 31.0 Å². The van der Waals surface area contributed by atoms with Gasteiger partial charge in [0.15, 0.2) is 10.9 Å². The van der Waals surface area contributed by atoms with Crippen LogP contribution < -0.4 is 15.9 Å². The molecule has 21 heteroatoms. The van der Waals surface area contributed by atoms with Crippen molar-refractivity contribution < 1.29 is 34.2 Å². The summed E-state index contributed by atoms with van der Waals surface area (Å²) in [6.45, 7) is -0.624. The minimum absolute atomic E-state index is 0.0292. The quantitative estimate of drug-likeness (QED) is 0.0912. The van der Waals surface area contributed by atoms with Crippen LogP contribution in [0.25, 0.3) is 0 Å². The number of tetrazole rings is 1. The van der Waals surface area contributed by atoms with Gasteiger partial charge in [0.25, 0.3) is 5.91 Å². The number of amides is 2. The van der Waals surface area contributed by atoms with E-state index in [-0.39, 0.29) is 45.6 Å². The Bertz CT molecular complexity index is 1570. The zero-order chi connectivity index (χ0) is 30.0. The summed E-state index contributed by atoms with van der Waals surface area (Å²) < 4.78 is 5.06. The van der Waals surface area contributed by atoms with Crippen molar-refractivity contribution >= 4 is 81.3 Å². The van der Waals surface area contributed by atoms with E-state index in [1.165, 1.54) is 28.8 Å². The van der Waals surface area contributed by atoms with Gasteiger partial charge in [0.1, 0.15) is 23.4 Å². The fourth-order valence-electron chi connectivity index (χ4n) is 3.95. The van der Waals surface area contributed by atoms with Crippen LogP contribution >= 0.6 is 46.7 Å². The number of nitrogens with zero attached hydrogens (tertiary/aromatic N) is 8. The second-order valence-electron chi connectivity index (χ2n) is 8.95. The van der Waals surface area contributed by atoms with Crippen LogP contribution in [0.15, 0.2) is 34.6 Å². The monoisotopic (exact) mass is 654 g/mol. The van der Waals surface area contributed by atoms with Crippen molar-refractivity contribution in [3.8, 4) is 5.75 Å². The van der Waals surface area contributed by atoms with Crippen molar-refractivity contribution in [2.75, 3.05) is 23.8 Å². The summed E-state index contributed by atoms with van der Waals surface area (Å²) in [6, 6.07) is 5.24. The standard InChI is InChI=1S/C21H19ClN10O7S3/c22-9-1-3-10(4-2-9)39-27-12(14-25-19(23)42-28-14)15(35)24-13-16(36)31-6-21(18(37)38,7-40-17(13)31)8-41-20-26-29-30-32(20)5-11(33)34/h1-4,13,17H,5-8H2,(H,24,35)(H,33,34)(H,37,38)(H2,23,25,28)/t13?,17-,21?/m1/s1. The maximum Gasteiger partial charge on any atom is 0.325 e. The predicted molar refractivity (Wildman–Crippen MR) is 149 cm³/mol. The van der Waals surface area contributed by atoms with Gasteiger partial charge in [-0.25, -0.2) is 4.68 Å². The molecule has 3 aromatic rings. The number of rotatable bonds is 11. The third kappa shape index (κ3) is 6.10. The highest BCUT2D eigenvalue weighted by molar-refractivity contribution is 8.00. The first kappa shape index (κ1) is 29.5. The summed E-state index contributed by atoms with van der Waals surface area (Å²) >= 11 is 8.89. The number of carbonyl (C=O) groups is 4. The normalized spacial score (nSPS) is 21.8. The maximum absolute atomic E-state index is 13.2. The summed E-state index contributed by atoms with van der Waals surface area (Å²) in [5.41, 5.74) is 3.98. The Morgan fingerprint density at radius 1 is 1.29 bits per heavy atom. The number of carboxylic acid groups (broad SMARTS) is 2. The van der Waals surface area contributed by atoms with E-state index >= 15 is 0 Å². The van der Waals surface area contributed by atoms with Crippen LogP contribution in [0, 0.1) is 5.41 Å². The van der Waals surface area contributed by atoms with E-state index in [4.69, 9.17) is 27.3 Å². The zero-order valence-corrected chi connectivity index (χ0v) is 24.2. The number of carbonyl (C=O) groups excluding carboxylic acids is 2. The van der Waals surface area contributed by atoms with Crippen LogP contribution in [0.1, 0.15) is 5.82 Å². The number of halogens is 1. The highest BCUT2D eigenvalue weighted by Gasteiger charge is 2.57. The molecule has 0 bridgehead atoms. The van der Waals surface area contributed by atoms with Gasteiger partial charge in [-0.05, 0) is 34.7 Å². The Hall–Kier alpha value is -4.01. The lowest BCUT2D eigenvalue weighted by molar-refractivity contribution is -0.157. The van der Waals surface area contributed by atoms with E-state index in [2.05, 4.69) is 35.4 Å². The van der Waals surface area contributed by atoms with E-state index in [9.17, 15) is 24.3 Å². The van der Waals surface area contributed by atoms with Crippen molar-refractivity contribution in [3.63, 3.8) is 0 Å². The average molecular weight is 655 g/mol. The first-order valence-electron chi connectivity index (χ1n) is 11.7. The number of hydrogen-bond donors (Lipinski definition) is 4. The van der Waals surface area contributed by atoms with E-state index < -0.39 is 47.1 Å². The Balaban J connectivity index is 1.26. The second-order valence-corrected chi connectivity index (χ2v) is 12.2. The third-order valence-corrected chi connectivity index (χ3v) is 9.70. The van der Waals surface area contributed by atoms with Crippen LogP contribution in [0.5, 0.6) is 5.75 Å². The third-order valence-electron chi connectivity index (χ3n) is 6.07. The molecule has 0 saturated carbocycles. The molecule has 2 aromatic heterocycles. The van der Waals surface area contributed by atoms with Crippen molar-refractivity contribution in [1.82, 2.24) is 39.8 Å². The van der Waals surface area contributed by atoms with Crippen LogP contribution in [-0.2, 0) is 25.7 Å². The molecule has 17 nitrogen and oxygen atoms in total. The van der Waals surface area contributed by atoms with Crippen LogP contribution in [-0.4, -0.2) is 104 Å². The number of nitrogens with two attached hydrogens (primary N) is 1. The second kappa shape index (κ2) is 12.1. The van der Waals surface area contributed by atoms with Gasteiger partial charge in [0, 0.05) is 34.6 Å². The highest BCUT2D eigenvalue weighted by Crippen LogP contribution is 2.44. The van der Waals surface area contributed by atoms with E-state index in [0.717, 1.165) is 28.0 Å². The Labute approximate surface area is 253 Å². The lowest BCUT2D eigenvalue weighted by Gasteiger charge is -2.53. The van der Waals surface area contributed by atoms with E-state index in [1.807, 2.05) is 0 Å². The van der Waals surface area contributed by atoms with Crippen molar-refractivity contribution in [2.24, 2.45) is 10.6 Å². The van der Waals surface area contributed by atoms with Gasteiger partial charge in [-0.15, -0.1) is 16.9 Å². The molecule has 0 spiro atoms. The molecule has 3 atom stereocenters. The molecule has 42 heavy (non-hydrogen) atoms. The minimum Gasteiger partial charge on any atom is -0.481 e. The lowest BCUT2D eigenvalue weighted by Crippen LogP contribution is -2.74. The van der Waals surface area contributed by atoms with Gasteiger partial charge in [-0.3, -0.25) is 19.2 Å². The molecular formula is C21H19ClN10O7S3. The summed E-state index contributed by atoms with van der Waals surface area (Å²) in [5, 5.41) is 36.6. The fourth-order valence-corrected chi connectivity index (χ4v) is 7.25. The number of thioether (sulfide) groups is 2. The summed E-state index contributed by atoms with van der Waals surface area (Å²) in [5.74, 6) is -3.34. The number of nitrogen functional groups attached to an aromatic ring is 1. The van der Waals surface area contributed by atoms with Gasteiger partial charge in [0.2, 0.25) is 22.6 Å². The molecule has 2 aliphatic heterocycles. The number of nitrogens with one attached hydrogen (secondary N) is 1. The number of β-lactam (4-membered cyclic amide) rings is 1. The number of aliphatic carboxylic acids is 2. The Kier molecular flexibility index (Phi) is 8.48. The smallest absolute Gasteiger partial charge is 0.325 e. The van der Waals surface area contributed by atoms with Gasteiger partial charge in [-0.2, -0.15) is 9.36 Å². The molecule has 0 radical (unpaired) electrons. The number of anilines is 1.